The van der Waals surface area contributed by atoms with Gasteiger partial charge in [-0.3, -0.25) is 4.72 Å². The molecule has 2 aromatic carbocycles. The maximum atomic E-state index is 13.8. The molecule has 3 rings (SSSR count). The Hall–Kier alpha value is -2.04. The highest BCUT2D eigenvalue weighted by Crippen LogP contribution is 2.26. The number of hydrogen-bond donors (Lipinski definition) is 1. The lowest BCUT2D eigenvalue weighted by atomic mass is 10.1. The second kappa shape index (κ2) is 7.76. The van der Waals surface area contributed by atoms with E-state index in [4.69, 9.17) is 0 Å². The highest BCUT2D eigenvalue weighted by atomic mass is 32.2. The first-order chi connectivity index (χ1) is 13.1. The number of nitrogens with one attached hydrogen (secondary N) is 1. The van der Waals surface area contributed by atoms with Gasteiger partial charge in [-0.2, -0.15) is 4.31 Å². The van der Waals surface area contributed by atoms with E-state index in [1.54, 1.807) is 0 Å². The third-order valence-electron chi connectivity index (χ3n) is 4.64. The minimum Gasteiger partial charge on any atom is -0.280 e. The van der Waals surface area contributed by atoms with Crippen molar-refractivity contribution >= 4 is 25.7 Å². The Balaban J connectivity index is 1.82. The topological polar surface area (TPSA) is 83.6 Å². The van der Waals surface area contributed by atoms with Crippen LogP contribution in [0.5, 0.6) is 0 Å². The van der Waals surface area contributed by atoms with Crippen molar-refractivity contribution in [3.05, 3.63) is 54.1 Å². The molecule has 1 aliphatic rings. The predicted molar refractivity (Wildman–Crippen MR) is 101 cm³/mol. The summed E-state index contributed by atoms with van der Waals surface area (Å²) in [5.41, 5.74) is 0.0642. The fourth-order valence-electron chi connectivity index (χ4n) is 3.16. The number of hydrogen-bond acceptors (Lipinski definition) is 4. The maximum Gasteiger partial charge on any atom is 0.264 e. The van der Waals surface area contributed by atoms with Crippen LogP contribution in [0.2, 0.25) is 0 Å². The number of rotatable bonds is 5. The average molecular weight is 430 g/mol. The van der Waals surface area contributed by atoms with Crippen molar-refractivity contribution in [1.29, 1.82) is 0 Å². The predicted octanol–water partition coefficient (Wildman–Crippen LogP) is 3.33. The van der Waals surface area contributed by atoms with Crippen molar-refractivity contribution in [1.82, 2.24) is 4.31 Å². The normalized spacial score (nSPS) is 18.8. The van der Waals surface area contributed by atoms with E-state index in [1.165, 1.54) is 28.6 Å². The smallest absolute Gasteiger partial charge is 0.264 e. The van der Waals surface area contributed by atoms with Crippen LogP contribution in [0.1, 0.15) is 26.2 Å². The molecule has 28 heavy (non-hydrogen) atoms. The lowest BCUT2D eigenvalue weighted by Crippen LogP contribution is -2.41. The average Bonchev–Trinajstić information content (AvgIpc) is 2.61. The van der Waals surface area contributed by atoms with E-state index in [2.05, 4.69) is 4.72 Å². The number of nitrogens with zero attached hydrogens (tertiary/aromatic N) is 1. The monoisotopic (exact) mass is 430 g/mol. The van der Waals surface area contributed by atoms with E-state index < -0.39 is 36.6 Å². The Morgan fingerprint density at radius 1 is 1.00 bits per heavy atom. The molecule has 2 aromatic rings. The van der Waals surface area contributed by atoms with Gasteiger partial charge in [0.05, 0.1) is 4.90 Å². The van der Waals surface area contributed by atoms with Crippen molar-refractivity contribution in [2.75, 3.05) is 11.3 Å². The Labute approximate surface area is 163 Å². The zero-order chi connectivity index (χ0) is 20.5. The lowest BCUT2D eigenvalue weighted by Gasteiger charge is -2.32. The van der Waals surface area contributed by atoms with Crippen LogP contribution in [0.25, 0.3) is 0 Å². The van der Waals surface area contributed by atoms with Crippen molar-refractivity contribution in [2.24, 2.45) is 0 Å². The van der Waals surface area contributed by atoms with Crippen LogP contribution in [-0.4, -0.2) is 33.7 Å². The SMILES string of the molecule is CC1CCCCN1S(=O)(=O)c1ccc(NS(=O)(=O)c2ccc(F)cc2F)cc1. The second-order valence-electron chi connectivity index (χ2n) is 6.67. The molecule has 1 unspecified atom stereocenters. The van der Waals surface area contributed by atoms with E-state index >= 15 is 0 Å². The summed E-state index contributed by atoms with van der Waals surface area (Å²) in [7, 11) is -7.97. The summed E-state index contributed by atoms with van der Waals surface area (Å²) < 4.78 is 80.6. The third-order valence-corrected chi connectivity index (χ3v) is 8.08. The summed E-state index contributed by atoms with van der Waals surface area (Å²) >= 11 is 0. The van der Waals surface area contributed by atoms with Crippen LogP contribution in [0, 0.1) is 11.6 Å². The Morgan fingerprint density at radius 3 is 2.29 bits per heavy atom. The third kappa shape index (κ3) is 4.18. The zero-order valence-corrected chi connectivity index (χ0v) is 16.7. The van der Waals surface area contributed by atoms with Crippen molar-refractivity contribution in [2.45, 2.75) is 42.0 Å². The Morgan fingerprint density at radius 2 is 1.68 bits per heavy atom. The zero-order valence-electron chi connectivity index (χ0n) is 15.1. The van der Waals surface area contributed by atoms with Gasteiger partial charge in [0.1, 0.15) is 16.5 Å². The summed E-state index contributed by atoms with van der Waals surface area (Å²) in [6.07, 6.45) is 2.57. The summed E-state index contributed by atoms with van der Waals surface area (Å²) in [6.45, 7) is 2.30. The minimum absolute atomic E-state index is 0.0529. The molecule has 1 atom stereocenters. The lowest BCUT2D eigenvalue weighted by molar-refractivity contribution is 0.268. The van der Waals surface area contributed by atoms with Gasteiger partial charge in [-0.1, -0.05) is 6.42 Å². The molecule has 1 saturated heterocycles. The molecule has 0 aromatic heterocycles. The molecule has 1 heterocycles. The first-order valence-corrected chi connectivity index (χ1v) is 11.6. The molecule has 0 spiro atoms. The van der Waals surface area contributed by atoms with Gasteiger partial charge in [0.25, 0.3) is 10.0 Å². The minimum atomic E-state index is -4.29. The van der Waals surface area contributed by atoms with Crippen molar-refractivity contribution in [3.8, 4) is 0 Å². The van der Waals surface area contributed by atoms with Crippen LogP contribution in [0.15, 0.2) is 52.3 Å². The largest absolute Gasteiger partial charge is 0.280 e. The molecule has 1 aliphatic heterocycles. The van der Waals surface area contributed by atoms with Crippen LogP contribution in [0.3, 0.4) is 0 Å². The number of anilines is 1. The fourth-order valence-corrected chi connectivity index (χ4v) is 5.98. The van der Waals surface area contributed by atoms with E-state index in [9.17, 15) is 25.6 Å². The molecule has 0 saturated carbocycles. The van der Waals surface area contributed by atoms with Gasteiger partial charge in [0, 0.05) is 24.3 Å². The van der Waals surface area contributed by atoms with Crippen LogP contribution >= 0.6 is 0 Å². The molecule has 152 valence electrons. The quantitative estimate of drug-likeness (QED) is 0.789. The van der Waals surface area contributed by atoms with Crippen molar-refractivity contribution in [3.63, 3.8) is 0 Å². The molecule has 10 heteroatoms. The number of piperidine rings is 1. The molecule has 6 nitrogen and oxygen atoms in total. The van der Waals surface area contributed by atoms with E-state index in [1.807, 2.05) is 6.92 Å². The Bertz CT molecular complexity index is 1070. The van der Waals surface area contributed by atoms with Gasteiger partial charge in [0.2, 0.25) is 10.0 Å². The summed E-state index contributed by atoms with van der Waals surface area (Å²) in [4.78, 5) is -0.648. The molecule has 0 radical (unpaired) electrons. The maximum absolute atomic E-state index is 13.8. The molecule has 0 bridgehead atoms. The van der Waals surface area contributed by atoms with Crippen LogP contribution in [-0.2, 0) is 20.0 Å². The summed E-state index contributed by atoms with van der Waals surface area (Å²) in [5, 5.41) is 0. The summed E-state index contributed by atoms with van der Waals surface area (Å²) in [5.74, 6) is -2.11. The fraction of sp³-hybridized carbons (Fsp3) is 0.333. The van der Waals surface area contributed by atoms with Gasteiger partial charge in [-0.05, 0) is 56.2 Å². The summed E-state index contributed by atoms with van der Waals surface area (Å²) in [6, 6.07) is 7.23. The van der Waals surface area contributed by atoms with E-state index in [0.29, 0.717) is 12.6 Å². The van der Waals surface area contributed by atoms with Gasteiger partial charge < -0.3 is 0 Å². The molecule has 1 fully saturated rings. The Kier molecular flexibility index (Phi) is 5.74. The molecular formula is C18H20F2N2O4S2. The molecule has 0 amide bonds. The van der Waals surface area contributed by atoms with E-state index in [-0.39, 0.29) is 16.6 Å². The first-order valence-electron chi connectivity index (χ1n) is 8.71. The number of benzene rings is 2. The second-order valence-corrected chi connectivity index (χ2v) is 10.2. The van der Waals surface area contributed by atoms with E-state index in [0.717, 1.165) is 31.4 Å². The molecular weight excluding hydrogens is 410 g/mol. The van der Waals surface area contributed by atoms with Crippen LogP contribution < -0.4 is 4.72 Å². The van der Waals surface area contributed by atoms with Gasteiger partial charge in [-0.15, -0.1) is 0 Å². The highest BCUT2D eigenvalue weighted by molar-refractivity contribution is 7.92. The van der Waals surface area contributed by atoms with Gasteiger partial charge in [0.15, 0.2) is 0 Å². The number of halogens is 2. The highest BCUT2D eigenvalue weighted by Gasteiger charge is 2.31. The standard InChI is InChI=1S/C18H20F2N2O4S2/c1-13-4-2-3-11-22(13)28(25,26)16-8-6-15(7-9-16)21-27(23,24)18-10-5-14(19)12-17(18)20/h5-10,12-13,21H,2-4,11H2,1H3. The van der Waals surface area contributed by atoms with Gasteiger partial charge in [-0.25, -0.2) is 25.6 Å². The first kappa shape index (κ1) is 20.7. The number of sulfonamides is 2. The molecule has 1 N–H and O–H groups in total. The van der Waals surface area contributed by atoms with Crippen molar-refractivity contribution < 1.29 is 25.6 Å². The van der Waals surface area contributed by atoms with Gasteiger partial charge >= 0.3 is 0 Å². The molecule has 0 aliphatic carbocycles. The van der Waals surface area contributed by atoms with Crippen LogP contribution in [0.4, 0.5) is 14.5 Å².